The summed E-state index contributed by atoms with van der Waals surface area (Å²) in [6, 6.07) is 15.0. The molecule has 35 heavy (non-hydrogen) atoms. The molecule has 2 aromatic heterocycles. The summed E-state index contributed by atoms with van der Waals surface area (Å²) in [5, 5.41) is 6.18. The lowest BCUT2D eigenvalue weighted by atomic mass is 10.1. The van der Waals surface area contributed by atoms with Gasteiger partial charge in [-0.05, 0) is 36.6 Å². The van der Waals surface area contributed by atoms with Crippen LogP contribution in [0.4, 0.5) is 0 Å². The maximum absolute atomic E-state index is 13.1. The molecular weight excluding hydrogens is 466 g/mol. The number of halogens is 1. The molecule has 0 atom stereocenters. The van der Waals surface area contributed by atoms with Crippen LogP contribution in [0.1, 0.15) is 51.0 Å². The lowest BCUT2D eigenvalue weighted by molar-refractivity contribution is 0.0948. The summed E-state index contributed by atoms with van der Waals surface area (Å²) in [5.74, 6) is -0.308. The largest absolute Gasteiger partial charge is 0.351 e. The van der Waals surface area contributed by atoms with E-state index < -0.39 is 17.2 Å². The van der Waals surface area contributed by atoms with Gasteiger partial charge in [0.15, 0.2) is 0 Å². The highest BCUT2D eigenvalue weighted by molar-refractivity contribution is 6.31. The van der Waals surface area contributed by atoms with Crippen molar-refractivity contribution < 1.29 is 9.59 Å². The molecule has 1 aliphatic carbocycles. The predicted octanol–water partition coefficient (Wildman–Crippen LogP) is 3.62. The van der Waals surface area contributed by atoms with Crippen LogP contribution in [0, 0.1) is 0 Å². The molecule has 9 heteroatoms. The van der Waals surface area contributed by atoms with E-state index in [1.54, 1.807) is 29.1 Å². The van der Waals surface area contributed by atoms with Crippen LogP contribution >= 0.6 is 11.6 Å². The summed E-state index contributed by atoms with van der Waals surface area (Å²) in [6.07, 6.45) is 5.45. The number of carbonyl (C=O) groups excluding carboxylic acids is 2. The highest BCUT2D eigenvalue weighted by Crippen LogP contribution is 2.34. The van der Waals surface area contributed by atoms with Crippen molar-refractivity contribution in [3.63, 3.8) is 0 Å². The summed E-state index contributed by atoms with van der Waals surface area (Å²) in [4.78, 5) is 46.5. The number of rotatable bonds is 8. The van der Waals surface area contributed by atoms with Crippen LogP contribution in [0.15, 0.2) is 65.7 Å². The molecule has 8 nitrogen and oxygen atoms in total. The molecule has 0 radical (unpaired) electrons. The number of nitrogens with zero attached hydrogens (tertiary/aromatic N) is 2. The predicted molar refractivity (Wildman–Crippen MR) is 134 cm³/mol. The van der Waals surface area contributed by atoms with Crippen LogP contribution in [-0.4, -0.2) is 32.9 Å². The minimum Gasteiger partial charge on any atom is -0.351 e. The molecule has 1 saturated carbocycles. The lowest BCUT2D eigenvalue weighted by Crippen LogP contribution is -2.36. The zero-order valence-corrected chi connectivity index (χ0v) is 19.6. The second-order valence-electron chi connectivity index (χ2n) is 8.61. The van der Waals surface area contributed by atoms with Gasteiger partial charge in [-0.25, -0.2) is 4.98 Å². The Morgan fingerprint density at radius 3 is 2.46 bits per heavy atom. The van der Waals surface area contributed by atoms with Crippen molar-refractivity contribution >= 4 is 34.4 Å². The number of imidazole rings is 1. The zero-order chi connectivity index (χ0) is 24.4. The summed E-state index contributed by atoms with van der Waals surface area (Å²) in [5.41, 5.74) is 1.88. The van der Waals surface area contributed by atoms with Gasteiger partial charge < -0.3 is 20.2 Å². The first-order valence-electron chi connectivity index (χ1n) is 11.5. The van der Waals surface area contributed by atoms with Crippen molar-refractivity contribution in [2.45, 2.75) is 31.8 Å². The van der Waals surface area contributed by atoms with Gasteiger partial charge in [-0.2, -0.15) is 0 Å². The number of amides is 2. The summed E-state index contributed by atoms with van der Waals surface area (Å²) in [7, 11) is 0. The van der Waals surface area contributed by atoms with Crippen LogP contribution in [0.5, 0.6) is 0 Å². The fraction of sp³-hybridized carbons (Fsp3) is 0.231. The molecule has 0 spiro atoms. The Bertz CT molecular complexity index is 1460. The summed E-state index contributed by atoms with van der Waals surface area (Å²) < 4.78 is 1.80. The van der Waals surface area contributed by atoms with Crippen LogP contribution in [0.2, 0.25) is 5.02 Å². The fourth-order valence-electron chi connectivity index (χ4n) is 3.92. The third-order valence-corrected chi connectivity index (χ3v) is 6.17. The van der Waals surface area contributed by atoms with Gasteiger partial charge in [0.05, 0.1) is 11.0 Å². The number of hydrogen-bond acceptors (Lipinski definition) is 4. The monoisotopic (exact) mass is 489 g/mol. The lowest BCUT2D eigenvalue weighted by Gasteiger charge is -2.12. The van der Waals surface area contributed by atoms with E-state index in [9.17, 15) is 14.4 Å². The van der Waals surface area contributed by atoms with Gasteiger partial charge in [-0.1, -0.05) is 41.9 Å². The number of aromatic amines is 1. The average molecular weight is 490 g/mol. The van der Waals surface area contributed by atoms with E-state index in [4.69, 9.17) is 11.6 Å². The Morgan fingerprint density at radius 1 is 1.03 bits per heavy atom. The quantitative estimate of drug-likeness (QED) is 0.351. The number of H-pyrrole nitrogens is 1. The highest BCUT2D eigenvalue weighted by Gasteiger charge is 2.27. The Hall–Kier alpha value is -3.91. The van der Waals surface area contributed by atoms with Gasteiger partial charge in [-0.3, -0.25) is 14.4 Å². The molecule has 5 rings (SSSR count). The Labute approximate surface area is 206 Å². The van der Waals surface area contributed by atoms with Gasteiger partial charge >= 0.3 is 0 Å². The molecule has 0 saturated heterocycles. The average Bonchev–Trinajstić information content (AvgIpc) is 3.63. The minimum atomic E-state index is -0.580. The first-order chi connectivity index (χ1) is 17.0. The van der Waals surface area contributed by atoms with Gasteiger partial charge in [0, 0.05) is 43.0 Å². The molecule has 178 valence electrons. The number of aromatic nitrogens is 3. The van der Waals surface area contributed by atoms with E-state index in [1.165, 1.54) is 0 Å². The zero-order valence-electron chi connectivity index (χ0n) is 18.9. The number of fused-ring (bicyclic) bond motifs is 1. The van der Waals surface area contributed by atoms with Crippen LogP contribution in [-0.2, 0) is 13.0 Å². The maximum atomic E-state index is 13.1. The van der Waals surface area contributed by atoms with Crippen LogP contribution < -0.4 is 16.1 Å². The van der Waals surface area contributed by atoms with E-state index in [2.05, 4.69) is 20.6 Å². The standard InChI is InChI=1S/C26H24ClN5O3/c27-17-6-9-21-22(12-17)31-23(30-21)10-11-28-25(34)19-14-32(18-7-8-18)15-20(24(19)33)26(35)29-13-16-4-2-1-3-5-16/h1-6,9,12,14-15,18H,7-8,10-11,13H2,(H,28,34)(H,29,35)(H,30,31). The van der Waals surface area contributed by atoms with Crippen molar-refractivity contribution in [1.82, 2.24) is 25.2 Å². The van der Waals surface area contributed by atoms with Gasteiger partial charge in [-0.15, -0.1) is 0 Å². The first-order valence-corrected chi connectivity index (χ1v) is 11.9. The Kier molecular flexibility index (Phi) is 6.37. The number of pyridine rings is 1. The third kappa shape index (κ3) is 5.27. The van der Waals surface area contributed by atoms with E-state index in [1.807, 2.05) is 36.4 Å². The molecule has 0 aliphatic heterocycles. The van der Waals surface area contributed by atoms with Crippen molar-refractivity contribution in [2.24, 2.45) is 0 Å². The number of hydrogen-bond donors (Lipinski definition) is 3. The second-order valence-corrected chi connectivity index (χ2v) is 9.05. The van der Waals surface area contributed by atoms with E-state index in [0.29, 0.717) is 23.8 Å². The van der Waals surface area contributed by atoms with Gasteiger partial charge in [0.25, 0.3) is 11.8 Å². The van der Waals surface area contributed by atoms with Crippen molar-refractivity contribution in [1.29, 1.82) is 0 Å². The second kappa shape index (κ2) is 9.76. The molecule has 3 N–H and O–H groups in total. The minimum absolute atomic E-state index is 0.0327. The molecule has 1 aliphatic rings. The van der Waals surface area contributed by atoms with Crippen LogP contribution in [0.3, 0.4) is 0 Å². The smallest absolute Gasteiger partial charge is 0.257 e. The van der Waals surface area contributed by atoms with E-state index >= 15 is 0 Å². The van der Waals surface area contributed by atoms with Crippen LogP contribution in [0.25, 0.3) is 11.0 Å². The van der Waals surface area contributed by atoms with Crippen molar-refractivity contribution in [3.8, 4) is 0 Å². The molecule has 4 aromatic rings. The molecule has 1 fully saturated rings. The highest BCUT2D eigenvalue weighted by atomic mass is 35.5. The Morgan fingerprint density at radius 2 is 1.74 bits per heavy atom. The van der Waals surface area contributed by atoms with Crippen molar-refractivity contribution in [2.75, 3.05) is 6.54 Å². The van der Waals surface area contributed by atoms with E-state index in [-0.39, 0.29) is 23.7 Å². The normalized spacial score (nSPS) is 13.1. The molecule has 2 amide bonds. The molecule has 2 heterocycles. The SMILES string of the molecule is O=C(NCCc1nc2ccc(Cl)cc2[nH]1)c1cn(C2CC2)cc(C(=O)NCc2ccccc2)c1=O. The molecular formula is C26H24ClN5O3. The van der Waals surface area contributed by atoms with Gasteiger partial charge in [0.2, 0.25) is 5.43 Å². The first kappa shape index (κ1) is 22.9. The summed E-state index contributed by atoms with van der Waals surface area (Å²) >= 11 is 6.02. The molecule has 0 unspecified atom stereocenters. The number of benzene rings is 2. The number of nitrogens with one attached hydrogen (secondary N) is 3. The third-order valence-electron chi connectivity index (χ3n) is 5.94. The summed E-state index contributed by atoms with van der Waals surface area (Å²) in [6.45, 7) is 0.571. The van der Waals surface area contributed by atoms with Crippen molar-refractivity contribution in [3.05, 3.63) is 98.7 Å². The topological polar surface area (TPSA) is 109 Å². The maximum Gasteiger partial charge on any atom is 0.257 e. The molecule has 2 aromatic carbocycles. The van der Waals surface area contributed by atoms with Gasteiger partial charge in [0.1, 0.15) is 17.0 Å². The fourth-order valence-corrected chi connectivity index (χ4v) is 4.09. The Balaban J connectivity index is 1.29. The molecule has 0 bridgehead atoms. The van der Waals surface area contributed by atoms with E-state index in [0.717, 1.165) is 29.4 Å². The number of carbonyl (C=O) groups is 2.